The van der Waals surface area contributed by atoms with Crippen molar-refractivity contribution >= 4 is 29.0 Å². The Balaban J connectivity index is 1.53. The highest BCUT2D eigenvalue weighted by Crippen LogP contribution is 2.28. The number of carbonyl (C=O) groups is 1. The Labute approximate surface area is 142 Å². The highest BCUT2D eigenvalue weighted by atomic mass is 32.2. The van der Waals surface area contributed by atoms with Crippen LogP contribution < -0.4 is 5.32 Å². The summed E-state index contributed by atoms with van der Waals surface area (Å²) in [6.07, 6.45) is 5.07. The smallest absolute Gasteiger partial charge is 0.230 e. The Bertz CT molecular complexity index is 770. The van der Waals surface area contributed by atoms with Crippen molar-refractivity contribution in [2.75, 3.05) is 5.75 Å². The SMILES string of the molecule is Cc1nc(-c2ccco2)sc1CNC(=O)CSc1ccncc1. The second-order valence-corrected chi connectivity index (χ2v) is 6.89. The van der Waals surface area contributed by atoms with E-state index in [0.29, 0.717) is 12.3 Å². The summed E-state index contributed by atoms with van der Waals surface area (Å²) in [4.78, 5) is 22.5. The molecule has 1 N–H and O–H groups in total. The molecule has 23 heavy (non-hydrogen) atoms. The second kappa shape index (κ2) is 7.43. The van der Waals surface area contributed by atoms with Gasteiger partial charge < -0.3 is 9.73 Å². The van der Waals surface area contributed by atoms with Gasteiger partial charge in [-0.15, -0.1) is 23.1 Å². The van der Waals surface area contributed by atoms with Gasteiger partial charge in [-0.1, -0.05) is 0 Å². The summed E-state index contributed by atoms with van der Waals surface area (Å²) in [6.45, 7) is 2.43. The van der Waals surface area contributed by atoms with Crippen LogP contribution in [-0.2, 0) is 11.3 Å². The van der Waals surface area contributed by atoms with Gasteiger partial charge in [0, 0.05) is 22.2 Å². The normalized spacial score (nSPS) is 10.7. The summed E-state index contributed by atoms with van der Waals surface area (Å²) in [5, 5.41) is 3.77. The monoisotopic (exact) mass is 345 g/mol. The highest BCUT2D eigenvalue weighted by Gasteiger charge is 2.12. The van der Waals surface area contributed by atoms with Crippen molar-refractivity contribution in [2.45, 2.75) is 18.4 Å². The van der Waals surface area contributed by atoms with Gasteiger partial charge in [-0.2, -0.15) is 0 Å². The first-order chi connectivity index (χ1) is 11.2. The van der Waals surface area contributed by atoms with E-state index in [1.54, 1.807) is 18.7 Å². The van der Waals surface area contributed by atoms with E-state index in [4.69, 9.17) is 4.42 Å². The van der Waals surface area contributed by atoms with Crippen LogP contribution in [-0.4, -0.2) is 21.6 Å². The Morgan fingerprint density at radius 2 is 2.17 bits per heavy atom. The molecule has 3 heterocycles. The molecular weight excluding hydrogens is 330 g/mol. The number of nitrogens with one attached hydrogen (secondary N) is 1. The molecule has 0 aliphatic rings. The Kier molecular flexibility index (Phi) is 5.09. The van der Waals surface area contributed by atoms with E-state index in [2.05, 4.69) is 15.3 Å². The number of rotatable bonds is 6. The first-order valence-corrected chi connectivity index (χ1v) is 8.82. The molecule has 0 radical (unpaired) electrons. The zero-order valence-electron chi connectivity index (χ0n) is 12.5. The van der Waals surface area contributed by atoms with Crippen LogP contribution in [0.3, 0.4) is 0 Å². The standard InChI is InChI=1S/C16H15N3O2S2/c1-11-14(23-16(19-11)13-3-2-8-21-13)9-18-15(20)10-22-12-4-6-17-7-5-12/h2-8H,9-10H2,1H3,(H,18,20). The number of furan rings is 1. The molecule has 0 aromatic carbocycles. The largest absolute Gasteiger partial charge is 0.462 e. The van der Waals surface area contributed by atoms with Gasteiger partial charge in [0.2, 0.25) is 5.91 Å². The molecular formula is C16H15N3O2S2. The fourth-order valence-electron chi connectivity index (χ4n) is 1.91. The van der Waals surface area contributed by atoms with E-state index < -0.39 is 0 Å². The Hall–Kier alpha value is -2.12. The number of thiazole rings is 1. The van der Waals surface area contributed by atoms with Crippen molar-refractivity contribution in [1.29, 1.82) is 0 Å². The van der Waals surface area contributed by atoms with Crippen molar-refractivity contribution in [2.24, 2.45) is 0 Å². The van der Waals surface area contributed by atoms with Crippen LogP contribution in [0.25, 0.3) is 10.8 Å². The van der Waals surface area contributed by atoms with Crippen molar-refractivity contribution in [1.82, 2.24) is 15.3 Å². The minimum atomic E-state index is -0.000777. The molecule has 5 nitrogen and oxygen atoms in total. The van der Waals surface area contributed by atoms with Crippen LogP contribution in [0.4, 0.5) is 0 Å². The second-order valence-electron chi connectivity index (χ2n) is 4.75. The average Bonchev–Trinajstić information content (AvgIpc) is 3.21. The predicted octanol–water partition coefficient (Wildman–Crippen LogP) is 3.52. The molecule has 3 rings (SSSR count). The maximum Gasteiger partial charge on any atom is 0.230 e. The zero-order chi connectivity index (χ0) is 16.1. The molecule has 0 spiro atoms. The molecule has 0 bridgehead atoms. The van der Waals surface area contributed by atoms with Crippen LogP contribution in [0.5, 0.6) is 0 Å². The first-order valence-electron chi connectivity index (χ1n) is 7.02. The molecule has 0 fully saturated rings. The summed E-state index contributed by atoms with van der Waals surface area (Å²) >= 11 is 3.03. The summed E-state index contributed by atoms with van der Waals surface area (Å²) in [5.74, 6) is 1.13. The zero-order valence-corrected chi connectivity index (χ0v) is 14.1. The van der Waals surface area contributed by atoms with Crippen LogP contribution in [0.15, 0.2) is 52.2 Å². The lowest BCUT2D eigenvalue weighted by Gasteiger charge is -2.04. The van der Waals surface area contributed by atoms with Gasteiger partial charge in [0.15, 0.2) is 10.8 Å². The van der Waals surface area contributed by atoms with E-state index >= 15 is 0 Å². The molecule has 3 aromatic heterocycles. The lowest BCUT2D eigenvalue weighted by Crippen LogP contribution is -2.24. The number of pyridine rings is 1. The molecule has 3 aromatic rings. The van der Waals surface area contributed by atoms with Gasteiger partial charge in [-0.05, 0) is 31.2 Å². The number of hydrogen-bond donors (Lipinski definition) is 1. The Morgan fingerprint density at radius 3 is 2.91 bits per heavy atom. The summed E-state index contributed by atoms with van der Waals surface area (Å²) < 4.78 is 5.35. The minimum Gasteiger partial charge on any atom is -0.462 e. The summed E-state index contributed by atoms with van der Waals surface area (Å²) in [5.41, 5.74) is 0.920. The van der Waals surface area contributed by atoms with E-state index in [1.807, 2.05) is 31.2 Å². The number of nitrogens with zero attached hydrogens (tertiary/aromatic N) is 2. The highest BCUT2D eigenvalue weighted by molar-refractivity contribution is 8.00. The van der Waals surface area contributed by atoms with E-state index in [0.717, 1.165) is 26.2 Å². The molecule has 0 saturated carbocycles. The van der Waals surface area contributed by atoms with Crippen molar-refractivity contribution in [3.8, 4) is 10.8 Å². The maximum absolute atomic E-state index is 12.0. The third-order valence-corrected chi connectivity index (χ3v) is 5.27. The molecule has 0 atom stereocenters. The summed E-state index contributed by atoms with van der Waals surface area (Å²) in [7, 11) is 0. The molecule has 0 unspecified atom stereocenters. The van der Waals surface area contributed by atoms with Crippen LogP contribution >= 0.6 is 23.1 Å². The number of carbonyl (C=O) groups excluding carboxylic acids is 1. The number of aromatic nitrogens is 2. The minimum absolute atomic E-state index is 0.000777. The molecule has 7 heteroatoms. The van der Waals surface area contributed by atoms with Gasteiger partial charge in [0.1, 0.15) is 0 Å². The third-order valence-electron chi connectivity index (χ3n) is 3.09. The molecule has 0 saturated heterocycles. The van der Waals surface area contributed by atoms with Crippen LogP contribution in [0, 0.1) is 6.92 Å². The van der Waals surface area contributed by atoms with Crippen LogP contribution in [0.2, 0.25) is 0 Å². The van der Waals surface area contributed by atoms with Gasteiger partial charge in [0.05, 0.1) is 24.3 Å². The number of thioether (sulfide) groups is 1. The van der Waals surface area contributed by atoms with E-state index in [1.165, 1.54) is 23.1 Å². The van der Waals surface area contributed by atoms with Crippen molar-refractivity contribution in [3.05, 3.63) is 53.5 Å². The molecule has 1 amide bonds. The van der Waals surface area contributed by atoms with Gasteiger partial charge in [-0.25, -0.2) is 4.98 Å². The maximum atomic E-state index is 12.0. The molecule has 118 valence electrons. The van der Waals surface area contributed by atoms with E-state index in [-0.39, 0.29) is 5.91 Å². The predicted molar refractivity (Wildman–Crippen MR) is 91.4 cm³/mol. The van der Waals surface area contributed by atoms with Gasteiger partial charge >= 0.3 is 0 Å². The number of aryl methyl sites for hydroxylation is 1. The van der Waals surface area contributed by atoms with Crippen molar-refractivity contribution < 1.29 is 9.21 Å². The van der Waals surface area contributed by atoms with Crippen LogP contribution in [0.1, 0.15) is 10.6 Å². The van der Waals surface area contributed by atoms with Gasteiger partial charge in [0.25, 0.3) is 0 Å². The Morgan fingerprint density at radius 1 is 1.35 bits per heavy atom. The third kappa shape index (κ3) is 4.20. The molecule has 0 aliphatic carbocycles. The quantitative estimate of drug-likeness (QED) is 0.692. The number of hydrogen-bond acceptors (Lipinski definition) is 6. The lowest BCUT2D eigenvalue weighted by molar-refractivity contribution is -0.118. The first kappa shape index (κ1) is 15.8. The topological polar surface area (TPSA) is 68.0 Å². The fourth-order valence-corrected chi connectivity index (χ4v) is 3.60. The lowest BCUT2D eigenvalue weighted by atomic mass is 10.4. The van der Waals surface area contributed by atoms with E-state index in [9.17, 15) is 4.79 Å². The number of amides is 1. The fraction of sp³-hybridized carbons (Fsp3) is 0.188. The molecule has 0 aliphatic heterocycles. The average molecular weight is 345 g/mol. The van der Waals surface area contributed by atoms with Gasteiger partial charge in [-0.3, -0.25) is 9.78 Å². The summed E-state index contributed by atoms with van der Waals surface area (Å²) in [6, 6.07) is 7.50. The van der Waals surface area contributed by atoms with Crippen molar-refractivity contribution in [3.63, 3.8) is 0 Å².